The number of nitrogens with zero attached hydrogens (tertiary/aromatic N) is 1. The summed E-state index contributed by atoms with van der Waals surface area (Å²) in [5, 5.41) is 0. The van der Waals surface area contributed by atoms with Gasteiger partial charge in [0.1, 0.15) is 18.2 Å². The van der Waals surface area contributed by atoms with E-state index in [2.05, 4.69) is 17.0 Å². The number of fused-ring (bicyclic) bond motifs is 1. The fourth-order valence-electron chi connectivity index (χ4n) is 3.87. The van der Waals surface area contributed by atoms with Crippen molar-refractivity contribution in [1.82, 2.24) is 4.90 Å². The van der Waals surface area contributed by atoms with Gasteiger partial charge in [-0.05, 0) is 53.8 Å². The maximum absolute atomic E-state index is 13.0. The summed E-state index contributed by atoms with van der Waals surface area (Å²) >= 11 is 0. The number of hydrogen-bond acceptors (Lipinski definition) is 4. The van der Waals surface area contributed by atoms with Crippen molar-refractivity contribution in [2.45, 2.75) is 25.5 Å². The van der Waals surface area contributed by atoms with E-state index < -0.39 is 0 Å². The number of esters is 1. The van der Waals surface area contributed by atoms with Crippen molar-refractivity contribution in [1.29, 1.82) is 0 Å². The van der Waals surface area contributed by atoms with Gasteiger partial charge in [0.2, 0.25) is 0 Å². The van der Waals surface area contributed by atoms with Crippen molar-refractivity contribution in [2.24, 2.45) is 5.92 Å². The van der Waals surface area contributed by atoms with E-state index in [1.807, 2.05) is 6.07 Å². The third-order valence-electron chi connectivity index (χ3n) is 5.36. The SMILES string of the molecule is COC(=O)C1CN(C2CCc3cc(OCc4ccc(F)cc4)ccc32)C1. The van der Waals surface area contributed by atoms with Gasteiger partial charge in [0.25, 0.3) is 0 Å². The first-order chi connectivity index (χ1) is 12.6. The zero-order chi connectivity index (χ0) is 18.1. The van der Waals surface area contributed by atoms with E-state index >= 15 is 0 Å². The first kappa shape index (κ1) is 17.0. The molecular weight excluding hydrogens is 333 g/mol. The Morgan fingerprint density at radius 2 is 1.96 bits per heavy atom. The third-order valence-corrected chi connectivity index (χ3v) is 5.36. The summed E-state index contributed by atoms with van der Waals surface area (Å²) < 4.78 is 23.6. The Hall–Kier alpha value is -2.40. The Labute approximate surface area is 152 Å². The molecule has 1 heterocycles. The lowest BCUT2D eigenvalue weighted by atomic mass is 9.95. The molecule has 0 bridgehead atoms. The summed E-state index contributed by atoms with van der Waals surface area (Å²) in [6, 6.07) is 13.0. The molecule has 1 fully saturated rings. The molecule has 2 aliphatic rings. The number of aryl methyl sites for hydroxylation is 1. The van der Waals surface area contributed by atoms with E-state index in [1.165, 1.54) is 30.4 Å². The van der Waals surface area contributed by atoms with Gasteiger partial charge in [0, 0.05) is 19.1 Å². The molecule has 4 rings (SSSR count). The normalized spacial score (nSPS) is 19.7. The molecule has 0 amide bonds. The van der Waals surface area contributed by atoms with Crippen molar-refractivity contribution in [2.75, 3.05) is 20.2 Å². The highest BCUT2D eigenvalue weighted by Gasteiger charge is 2.40. The number of likely N-dealkylation sites (tertiary alicyclic amines) is 1. The van der Waals surface area contributed by atoms with Gasteiger partial charge in [0.05, 0.1) is 13.0 Å². The predicted molar refractivity (Wildman–Crippen MR) is 95.3 cm³/mol. The van der Waals surface area contributed by atoms with Gasteiger partial charge in [-0.3, -0.25) is 9.69 Å². The molecule has 0 saturated carbocycles. The van der Waals surface area contributed by atoms with Crippen molar-refractivity contribution in [3.8, 4) is 5.75 Å². The molecule has 1 atom stereocenters. The Kier molecular flexibility index (Phi) is 4.64. The fraction of sp³-hybridized carbons (Fsp3) is 0.381. The zero-order valence-electron chi connectivity index (χ0n) is 14.8. The van der Waals surface area contributed by atoms with Gasteiger partial charge < -0.3 is 9.47 Å². The summed E-state index contributed by atoms with van der Waals surface area (Å²) in [6.45, 7) is 1.98. The highest BCUT2D eigenvalue weighted by Crippen LogP contribution is 2.40. The van der Waals surface area contributed by atoms with Crippen molar-refractivity contribution >= 4 is 5.97 Å². The van der Waals surface area contributed by atoms with Gasteiger partial charge in [-0.2, -0.15) is 0 Å². The van der Waals surface area contributed by atoms with Crippen LogP contribution in [0, 0.1) is 11.7 Å². The average molecular weight is 355 g/mol. The smallest absolute Gasteiger partial charge is 0.311 e. The monoisotopic (exact) mass is 355 g/mol. The molecule has 1 saturated heterocycles. The molecular formula is C21H22FNO3. The molecule has 0 radical (unpaired) electrons. The molecule has 0 aromatic heterocycles. The summed E-state index contributed by atoms with van der Waals surface area (Å²) in [4.78, 5) is 13.9. The van der Waals surface area contributed by atoms with Gasteiger partial charge in [0.15, 0.2) is 0 Å². The van der Waals surface area contributed by atoms with E-state index in [1.54, 1.807) is 12.1 Å². The minimum absolute atomic E-state index is 0.0161. The Morgan fingerprint density at radius 1 is 1.19 bits per heavy atom. The molecule has 5 heteroatoms. The second-order valence-corrected chi connectivity index (χ2v) is 7.00. The standard InChI is InChI=1S/C21H22FNO3/c1-25-21(24)16-11-23(12-16)20-9-4-15-10-18(7-8-19(15)20)26-13-14-2-5-17(22)6-3-14/h2-3,5-8,10,16,20H,4,9,11-13H2,1H3. The lowest BCUT2D eigenvalue weighted by Gasteiger charge is -2.41. The van der Waals surface area contributed by atoms with Gasteiger partial charge in [-0.25, -0.2) is 4.39 Å². The number of halogens is 1. The van der Waals surface area contributed by atoms with Gasteiger partial charge in [-0.1, -0.05) is 18.2 Å². The van der Waals surface area contributed by atoms with Crippen LogP contribution < -0.4 is 4.74 Å². The Balaban J connectivity index is 1.37. The van der Waals surface area contributed by atoms with Crippen LogP contribution in [0.2, 0.25) is 0 Å². The molecule has 2 aromatic carbocycles. The maximum Gasteiger partial charge on any atom is 0.311 e. The van der Waals surface area contributed by atoms with Crippen LogP contribution in [0.15, 0.2) is 42.5 Å². The molecule has 1 unspecified atom stereocenters. The quantitative estimate of drug-likeness (QED) is 0.770. The van der Waals surface area contributed by atoms with Crippen LogP contribution in [0.25, 0.3) is 0 Å². The first-order valence-electron chi connectivity index (χ1n) is 8.96. The van der Waals surface area contributed by atoms with E-state index in [0.717, 1.165) is 37.2 Å². The van der Waals surface area contributed by atoms with Crippen LogP contribution >= 0.6 is 0 Å². The second kappa shape index (κ2) is 7.08. The highest BCUT2D eigenvalue weighted by atomic mass is 19.1. The molecule has 26 heavy (non-hydrogen) atoms. The average Bonchev–Trinajstić information content (AvgIpc) is 3.03. The van der Waals surface area contributed by atoms with Crippen LogP contribution in [0.1, 0.15) is 29.2 Å². The maximum atomic E-state index is 13.0. The van der Waals surface area contributed by atoms with E-state index in [-0.39, 0.29) is 17.7 Å². The molecule has 136 valence electrons. The topological polar surface area (TPSA) is 38.8 Å². The van der Waals surface area contributed by atoms with Crippen LogP contribution in [-0.4, -0.2) is 31.1 Å². The summed E-state index contributed by atoms with van der Waals surface area (Å²) in [6.07, 6.45) is 2.10. The fourth-order valence-corrected chi connectivity index (χ4v) is 3.87. The summed E-state index contributed by atoms with van der Waals surface area (Å²) in [5.74, 6) is 0.508. The predicted octanol–water partition coefficient (Wildman–Crippen LogP) is 3.50. The number of methoxy groups -OCH3 is 1. The number of benzene rings is 2. The summed E-state index contributed by atoms with van der Waals surface area (Å²) in [5.41, 5.74) is 3.59. The molecule has 2 aromatic rings. The number of carbonyl (C=O) groups is 1. The molecule has 0 spiro atoms. The number of carbonyl (C=O) groups excluding carboxylic acids is 1. The summed E-state index contributed by atoms with van der Waals surface area (Å²) in [7, 11) is 1.45. The van der Waals surface area contributed by atoms with E-state index in [0.29, 0.717) is 12.6 Å². The Bertz CT molecular complexity index is 799. The molecule has 0 N–H and O–H groups in total. The molecule has 1 aliphatic heterocycles. The number of hydrogen-bond donors (Lipinski definition) is 0. The zero-order valence-corrected chi connectivity index (χ0v) is 14.8. The number of rotatable bonds is 5. The van der Waals surface area contributed by atoms with Crippen LogP contribution in [-0.2, 0) is 22.6 Å². The third kappa shape index (κ3) is 3.31. The van der Waals surface area contributed by atoms with E-state index in [4.69, 9.17) is 9.47 Å². The highest BCUT2D eigenvalue weighted by molar-refractivity contribution is 5.73. The van der Waals surface area contributed by atoms with Crippen molar-refractivity contribution in [3.63, 3.8) is 0 Å². The largest absolute Gasteiger partial charge is 0.489 e. The van der Waals surface area contributed by atoms with Crippen molar-refractivity contribution in [3.05, 3.63) is 65.0 Å². The first-order valence-corrected chi connectivity index (χ1v) is 8.96. The lowest BCUT2D eigenvalue weighted by Crippen LogP contribution is -2.51. The minimum Gasteiger partial charge on any atom is -0.489 e. The van der Waals surface area contributed by atoms with Gasteiger partial charge >= 0.3 is 5.97 Å². The second-order valence-electron chi connectivity index (χ2n) is 7.00. The minimum atomic E-state index is -0.238. The van der Waals surface area contributed by atoms with Crippen LogP contribution in [0.3, 0.4) is 0 Å². The Morgan fingerprint density at radius 3 is 2.69 bits per heavy atom. The molecule has 1 aliphatic carbocycles. The number of ether oxygens (including phenoxy) is 2. The lowest BCUT2D eigenvalue weighted by molar-refractivity contribution is -0.152. The van der Waals surface area contributed by atoms with Crippen molar-refractivity contribution < 1.29 is 18.7 Å². The van der Waals surface area contributed by atoms with Crippen LogP contribution in [0.4, 0.5) is 4.39 Å². The van der Waals surface area contributed by atoms with Crippen LogP contribution in [0.5, 0.6) is 5.75 Å². The van der Waals surface area contributed by atoms with Gasteiger partial charge in [-0.15, -0.1) is 0 Å². The molecule has 4 nitrogen and oxygen atoms in total. The van der Waals surface area contributed by atoms with E-state index in [9.17, 15) is 9.18 Å².